The van der Waals surface area contributed by atoms with Gasteiger partial charge in [0.05, 0.1) is 11.5 Å². The lowest BCUT2D eigenvalue weighted by molar-refractivity contribution is -0.385. The minimum absolute atomic E-state index is 0.286. The zero-order chi connectivity index (χ0) is 14.5. The number of nitro groups is 1. The maximum atomic E-state index is 11.9. The molecule has 0 saturated heterocycles. The Morgan fingerprint density at radius 3 is 2.68 bits per heavy atom. The molecule has 1 rings (SSSR count). The van der Waals surface area contributed by atoms with E-state index in [0.29, 0.717) is 0 Å². The number of nitrogens with one attached hydrogen (secondary N) is 1. The third kappa shape index (κ3) is 4.54. The molecule has 0 fully saturated rings. The molecule has 19 heavy (non-hydrogen) atoms. The molecule has 0 atom stereocenters. The predicted molar refractivity (Wildman–Crippen MR) is 57.3 cm³/mol. The van der Waals surface area contributed by atoms with Crippen LogP contribution in [0.1, 0.15) is 12.8 Å². The summed E-state index contributed by atoms with van der Waals surface area (Å²) in [5.41, 5.74) is 1.35. The van der Waals surface area contributed by atoms with E-state index in [4.69, 9.17) is 10.6 Å². The summed E-state index contributed by atoms with van der Waals surface area (Å²) in [6.45, 7) is -0.360. The second-order valence-corrected chi connectivity index (χ2v) is 3.34. The molecule has 0 aliphatic rings. The van der Waals surface area contributed by atoms with Crippen molar-refractivity contribution in [1.29, 1.82) is 0 Å². The van der Waals surface area contributed by atoms with Crippen LogP contribution >= 0.6 is 0 Å². The number of anilines is 1. The van der Waals surface area contributed by atoms with Crippen LogP contribution in [0.15, 0.2) is 6.33 Å². The molecule has 0 saturated carbocycles. The average Bonchev–Trinajstić information content (AvgIpc) is 2.32. The number of nitrogens with zero attached hydrogens (tertiary/aromatic N) is 3. The maximum Gasteiger partial charge on any atom is 0.389 e. The highest BCUT2D eigenvalue weighted by atomic mass is 19.4. The van der Waals surface area contributed by atoms with Gasteiger partial charge in [0.15, 0.2) is 0 Å². The van der Waals surface area contributed by atoms with Gasteiger partial charge in [-0.3, -0.25) is 10.1 Å². The number of hydrogen-bond acceptors (Lipinski definition) is 7. The SMILES string of the molecule is NNc1ncnc(OCCCC(F)(F)F)c1[N+](=O)[O-]. The summed E-state index contributed by atoms with van der Waals surface area (Å²) in [7, 11) is 0. The van der Waals surface area contributed by atoms with E-state index >= 15 is 0 Å². The molecule has 1 heterocycles. The van der Waals surface area contributed by atoms with E-state index < -0.39 is 29.1 Å². The van der Waals surface area contributed by atoms with Crippen molar-refractivity contribution in [3.63, 3.8) is 0 Å². The highest BCUT2D eigenvalue weighted by Gasteiger charge is 2.27. The van der Waals surface area contributed by atoms with E-state index in [1.165, 1.54) is 0 Å². The first-order valence-electron chi connectivity index (χ1n) is 5.00. The van der Waals surface area contributed by atoms with Gasteiger partial charge in [0, 0.05) is 6.42 Å². The van der Waals surface area contributed by atoms with Crippen molar-refractivity contribution in [2.24, 2.45) is 5.84 Å². The number of hydrogen-bond donors (Lipinski definition) is 2. The highest BCUT2D eigenvalue weighted by molar-refractivity contribution is 5.60. The third-order valence-corrected chi connectivity index (χ3v) is 1.95. The zero-order valence-electron chi connectivity index (χ0n) is 9.48. The second kappa shape index (κ2) is 6.13. The molecule has 106 valence electrons. The number of rotatable bonds is 6. The molecule has 0 amide bonds. The van der Waals surface area contributed by atoms with Gasteiger partial charge in [0.25, 0.3) is 5.88 Å². The first kappa shape index (κ1) is 14.9. The topological polar surface area (TPSA) is 116 Å². The van der Waals surface area contributed by atoms with Crippen LogP contribution in [0.4, 0.5) is 24.7 Å². The molecule has 1 aromatic rings. The van der Waals surface area contributed by atoms with Crippen LogP contribution in [0.2, 0.25) is 0 Å². The molecule has 11 heteroatoms. The van der Waals surface area contributed by atoms with Gasteiger partial charge in [0.1, 0.15) is 6.33 Å². The minimum atomic E-state index is -4.30. The number of hydrazine groups is 1. The standard InChI is InChI=1S/C8H10F3N5O3/c9-8(10,11)2-1-3-19-7-5(16(17)18)6(15-12)13-4-14-7/h4H,1-3,12H2,(H,13,14,15). The van der Waals surface area contributed by atoms with E-state index in [2.05, 4.69) is 9.97 Å². The summed E-state index contributed by atoms with van der Waals surface area (Å²) in [5, 5.41) is 10.8. The lowest BCUT2D eigenvalue weighted by atomic mass is 10.3. The molecular formula is C8H10F3N5O3. The molecule has 0 spiro atoms. The van der Waals surface area contributed by atoms with Gasteiger partial charge in [-0.05, 0) is 6.42 Å². The van der Waals surface area contributed by atoms with Crippen molar-refractivity contribution in [2.75, 3.05) is 12.0 Å². The lowest BCUT2D eigenvalue weighted by Gasteiger charge is -2.08. The fourth-order valence-electron chi connectivity index (χ4n) is 1.18. The molecule has 0 aromatic carbocycles. The predicted octanol–water partition coefficient (Wildman–Crippen LogP) is 1.39. The van der Waals surface area contributed by atoms with Gasteiger partial charge in [-0.2, -0.15) is 18.2 Å². The Kier molecular flexibility index (Phi) is 4.80. The van der Waals surface area contributed by atoms with E-state index in [0.717, 1.165) is 6.33 Å². The molecule has 0 unspecified atom stereocenters. The van der Waals surface area contributed by atoms with Crippen LogP contribution in [0.5, 0.6) is 5.88 Å². The summed E-state index contributed by atoms with van der Waals surface area (Å²) in [5.74, 6) is 4.30. The fourth-order valence-corrected chi connectivity index (χ4v) is 1.18. The third-order valence-electron chi connectivity index (χ3n) is 1.95. The lowest BCUT2D eigenvalue weighted by Crippen LogP contribution is -2.14. The Morgan fingerprint density at radius 2 is 2.16 bits per heavy atom. The van der Waals surface area contributed by atoms with Crippen molar-refractivity contribution in [3.05, 3.63) is 16.4 Å². The van der Waals surface area contributed by atoms with Crippen LogP contribution in [0.3, 0.4) is 0 Å². The fraction of sp³-hybridized carbons (Fsp3) is 0.500. The number of halogens is 3. The van der Waals surface area contributed by atoms with E-state index in [1.807, 2.05) is 5.43 Å². The molecule has 1 aromatic heterocycles. The van der Waals surface area contributed by atoms with E-state index in [1.54, 1.807) is 0 Å². The number of nitrogen functional groups attached to an aromatic ring is 1. The van der Waals surface area contributed by atoms with Crippen LogP contribution in [-0.4, -0.2) is 27.7 Å². The molecule has 0 radical (unpaired) electrons. The van der Waals surface area contributed by atoms with Crippen LogP contribution in [0.25, 0.3) is 0 Å². The van der Waals surface area contributed by atoms with Crippen LogP contribution < -0.4 is 16.0 Å². The van der Waals surface area contributed by atoms with Crippen molar-refractivity contribution in [3.8, 4) is 5.88 Å². The van der Waals surface area contributed by atoms with Crippen molar-refractivity contribution >= 4 is 11.5 Å². The van der Waals surface area contributed by atoms with Crippen molar-refractivity contribution < 1.29 is 22.8 Å². The van der Waals surface area contributed by atoms with Gasteiger partial charge in [-0.1, -0.05) is 0 Å². The summed E-state index contributed by atoms with van der Waals surface area (Å²) >= 11 is 0. The summed E-state index contributed by atoms with van der Waals surface area (Å²) in [6, 6.07) is 0. The van der Waals surface area contributed by atoms with Crippen LogP contribution in [-0.2, 0) is 0 Å². The average molecular weight is 281 g/mol. The van der Waals surface area contributed by atoms with Gasteiger partial charge >= 0.3 is 11.9 Å². The molecular weight excluding hydrogens is 271 g/mol. The second-order valence-electron chi connectivity index (χ2n) is 3.34. The van der Waals surface area contributed by atoms with E-state index in [9.17, 15) is 23.3 Å². The molecule has 3 N–H and O–H groups in total. The van der Waals surface area contributed by atoms with Gasteiger partial charge in [-0.15, -0.1) is 0 Å². The Morgan fingerprint density at radius 1 is 1.47 bits per heavy atom. The zero-order valence-corrected chi connectivity index (χ0v) is 9.48. The normalized spacial score (nSPS) is 11.2. The minimum Gasteiger partial charge on any atom is -0.473 e. The largest absolute Gasteiger partial charge is 0.473 e. The Hall–Kier alpha value is -2.17. The highest BCUT2D eigenvalue weighted by Crippen LogP contribution is 2.30. The molecule has 0 aliphatic heterocycles. The smallest absolute Gasteiger partial charge is 0.389 e. The van der Waals surface area contributed by atoms with Crippen molar-refractivity contribution in [1.82, 2.24) is 9.97 Å². The van der Waals surface area contributed by atoms with Gasteiger partial charge < -0.3 is 10.2 Å². The van der Waals surface area contributed by atoms with Gasteiger partial charge in [0.2, 0.25) is 5.82 Å². The molecule has 8 nitrogen and oxygen atoms in total. The first-order valence-corrected chi connectivity index (χ1v) is 5.00. The molecule has 0 bridgehead atoms. The Labute approximate surface area is 104 Å². The van der Waals surface area contributed by atoms with Crippen molar-refractivity contribution in [2.45, 2.75) is 19.0 Å². The molecule has 0 aliphatic carbocycles. The number of nitrogens with two attached hydrogens (primary N) is 1. The monoisotopic (exact) mass is 281 g/mol. The summed E-state index contributed by atoms with van der Waals surface area (Å²) < 4.78 is 40.5. The number of ether oxygens (including phenoxy) is 1. The Balaban J connectivity index is 2.70. The van der Waals surface area contributed by atoms with Gasteiger partial charge in [-0.25, -0.2) is 10.8 Å². The number of aromatic nitrogens is 2. The maximum absolute atomic E-state index is 11.9. The van der Waals surface area contributed by atoms with Crippen LogP contribution in [0, 0.1) is 10.1 Å². The quantitative estimate of drug-likeness (QED) is 0.350. The summed E-state index contributed by atoms with van der Waals surface area (Å²) in [4.78, 5) is 16.9. The van der Waals surface area contributed by atoms with E-state index in [-0.39, 0.29) is 18.8 Å². The number of alkyl halides is 3. The Bertz CT molecular complexity index is 454. The summed E-state index contributed by atoms with van der Waals surface area (Å²) in [6.07, 6.45) is -4.74. The first-order chi connectivity index (χ1) is 8.85.